The third-order valence-corrected chi connectivity index (χ3v) is 4.76. The van der Waals surface area contributed by atoms with Gasteiger partial charge in [0.1, 0.15) is 0 Å². The molecule has 0 atom stereocenters. The highest BCUT2D eigenvalue weighted by molar-refractivity contribution is 5.98. The smallest absolute Gasteiger partial charge is 0.220 e. The third kappa shape index (κ3) is 5.75. The van der Waals surface area contributed by atoms with Crippen LogP contribution in [0.1, 0.15) is 61.9 Å². The molecule has 24 heavy (non-hydrogen) atoms. The first-order valence-corrected chi connectivity index (χ1v) is 9.26. The Morgan fingerprint density at radius 3 is 2.33 bits per heavy atom. The van der Waals surface area contributed by atoms with Crippen molar-refractivity contribution >= 4 is 11.7 Å². The lowest BCUT2D eigenvalue weighted by Gasteiger charge is -2.32. The lowest BCUT2D eigenvalue weighted by atomic mass is 10.0. The second-order valence-corrected chi connectivity index (χ2v) is 6.66. The second kappa shape index (κ2) is 9.58. The summed E-state index contributed by atoms with van der Waals surface area (Å²) >= 11 is 0. The van der Waals surface area contributed by atoms with Crippen LogP contribution in [-0.2, 0) is 11.2 Å². The Kier molecular flexibility index (Phi) is 7.44. The highest BCUT2D eigenvalue weighted by atomic mass is 16.2. The number of hydrogen-bond donors (Lipinski definition) is 1. The Bertz CT molecular complexity index is 531. The number of carbonyl (C=O) groups is 2. The van der Waals surface area contributed by atoms with Gasteiger partial charge in [0.2, 0.25) is 5.91 Å². The number of hydrogen-bond acceptors (Lipinski definition) is 3. The highest BCUT2D eigenvalue weighted by Gasteiger charge is 2.20. The first kappa shape index (κ1) is 18.7. The van der Waals surface area contributed by atoms with Crippen LogP contribution in [0.5, 0.6) is 0 Å². The summed E-state index contributed by atoms with van der Waals surface area (Å²) in [6, 6.07) is 7.96. The van der Waals surface area contributed by atoms with Crippen LogP contribution in [0.15, 0.2) is 24.3 Å². The lowest BCUT2D eigenvalue weighted by molar-refractivity contribution is -0.122. The van der Waals surface area contributed by atoms with E-state index in [0.29, 0.717) is 5.56 Å². The molecule has 1 heterocycles. The van der Waals surface area contributed by atoms with Crippen molar-refractivity contribution in [2.45, 2.75) is 58.4 Å². The summed E-state index contributed by atoms with van der Waals surface area (Å²) in [6.45, 7) is 7.55. The van der Waals surface area contributed by atoms with Gasteiger partial charge in [-0.3, -0.25) is 9.59 Å². The van der Waals surface area contributed by atoms with Crippen LogP contribution in [0, 0.1) is 0 Å². The summed E-state index contributed by atoms with van der Waals surface area (Å²) in [5.74, 6) is 0.0491. The van der Waals surface area contributed by atoms with Crippen molar-refractivity contribution in [1.29, 1.82) is 0 Å². The summed E-state index contributed by atoms with van der Waals surface area (Å²) in [5, 5.41) is 3.09. The third-order valence-electron chi connectivity index (χ3n) is 4.76. The second-order valence-electron chi connectivity index (χ2n) is 6.66. The largest absolute Gasteiger partial charge is 0.353 e. The maximum absolute atomic E-state index is 12.2. The molecule has 0 bridgehead atoms. The Hall–Kier alpha value is -1.68. The van der Waals surface area contributed by atoms with Gasteiger partial charge >= 0.3 is 0 Å². The van der Waals surface area contributed by atoms with E-state index in [1.807, 2.05) is 24.3 Å². The van der Waals surface area contributed by atoms with Crippen LogP contribution < -0.4 is 5.32 Å². The lowest BCUT2D eigenvalue weighted by Crippen LogP contribution is -2.44. The molecule has 1 aromatic rings. The molecule has 1 fully saturated rings. The normalized spacial score (nSPS) is 16.1. The van der Waals surface area contributed by atoms with Gasteiger partial charge in [0.15, 0.2) is 5.78 Å². The van der Waals surface area contributed by atoms with E-state index in [1.54, 1.807) is 0 Å². The molecule has 0 aromatic heterocycles. The predicted molar refractivity (Wildman–Crippen MR) is 97.3 cm³/mol. The zero-order valence-electron chi connectivity index (χ0n) is 15.0. The van der Waals surface area contributed by atoms with Gasteiger partial charge in [0.25, 0.3) is 0 Å². The number of piperidine rings is 1. The summed E-state index contributed by atoms with van der Waals surface area (Å²) in [5.41, 5.74) is 1.92. The quantitative estimate of drug-likeness (QED) is 0.745. The minimum Gasteiger partial charge on any atom is -0.353 e. The van der Waals surface area contributed by atoms with Gasteiger partial charge in [-0.15, -0.1) is 0 Å². The number of likely N-dealkylation sites (tertiary alicyclic amines) is 1. The minimum atomic E-state index is 0.00229. The van der Waals surface area contributed by atoms with E-state index in [0.717, 1.165) is 38.9 Å². The van der Waals surface area contributed by atoms with Crippen LogP contribution in [0.4, 0.5) is 0 Å². The Balaban J connectivity index is 1.70. The van der Waals surface area contributed by atoms with E-state index in [2.05, 4.69) is 24.1 Å². The number of benzene rings is 1. The minimum absolute atomic E-state index is 0.00229. The van der Waals surface area contributed by atoms with E-state index in [9.17, 15) is 9.59 Å². The van der Waals surface area contributed by atoms with Crippen molar-refractivity contribution in [3.8, 4) is 0 Å². The SMILES string of the molecule is CCCN1CCC(NC(=O)CCC(=O)c2ccc(CC)cc2)CC1. The molecule has 4 nitrogen and oxygen atoms in total. The first-order valence-electron chi connectivity index (χ1n) is 9.26. The molecular weight excluding hydrogens is 300 g/mol. The van der Waals surface area contributed by atoms with Crippen molar-refractivity contribution < 1.29 is 9.59 Å². The van der Waals surface area contributed by atoms with Gasteiger partial charge in [-0.1, -0.05) is 38.1 Å². The Morgan fingerprint density at radius 1 is 1.08 bits per heavy atom. The molecule has 0 radical (unpaired) electrons. The maximum atomic E-state index is 12.2. The number of nitrogens with one attached hydrogen (secondary N) is 1. The molecule has 1 saturated heterocycles. The molecule has 4 heteroatoms. The van der Waals surface area contributed by atoms with Crippen molar-refractivity contribution in [2.75, 3.05) is 19.6 Å². The number of amides is 1. The Labute approximate surface area is 145 Å². The maximum Gasteiger partial charge on any atom is 0.220 e. The molecule has 0 aliphatic carbocycles. The summed E-state index contributed by atoms with van der Waals surface area (Å²) in [6.07, 6.45) is 4.73. The van der Waals surface area contributed by atoms with Gasteiger partial charge < -0.3 is 10.2 Å². The first-order chi connectivity index (χ1) is 11.6. The van der Waals surface area contributed by atoms with Gasteiger partial charge in [-0.25, -0.2) is 0 Å². The van der Waals surface area contributed by atoms with E-state index in [1.165, 1.54) is 12.0 Å². The van der Waals surface area contributed by atoms with Gasteiger partial charge in [0.05, 0.1) is 0 Å². The molecule has 1 aliphatic heterocycles. The molecule has 132 valence electrons. The summed E-state index contributed by atoms with van der Waals surface area (Å²) < 4.78 is 0. The summed E-state index contributed by atoms with van der Waals surface area (Å²) in [4.78, 5) is 26.7. The number of rotatable bonds is 8. The van der Waals surface area contributed by atoms with Crippen molar-refractivity contribution in [3.63, 3.8) is 0 Å². The van der Waals surface area contributed by atoms with E-state index < -0.39 is 0 Å². The van der Waals surface area contributed by atoms with Crippen molar-refractivity contribution in [1.82, 2.24) is 10.2 Å². The zero-order valence-corrected chi connectivity index (χ0v) is 15.0. The van der Waals surface area contributed by atoms with Crippen LogP contribution in [0.25, 0.3) is 0 Å². The van der Waals surface area contributed by atoms with Crippen LogP contribution in [0.2, 0.25) is 0 Å². The molecule has 0 saturated carbocycles. The zero-order chi connectivity index (χ0) is 17.4. The molecule has 2 rings (SSSR count). The van der Waals surface area contributed by atoms with Crippen molar-refractivity contribution in [3.05, 3.63) is 35.4 Å². The highest BCUT2D eigenvalue weighted by Crippen LogP contribution is 2.12. The Morgan fingerprint density at radius 2 is 1.75 bits per heavy atom. The standard InChI is InChI=1S/C20H30N2O2/c1-3-13-22-14-11-18(12-15-22)21-20(24)10-9-19(23)17-7-5-16(4-2)6-8-17/h5-8,18H,3-4,9-15H2,1-2H3,(H,21,24). The molecule has 1 N–H and O–H groups in total. The number of nitrogens with zero attached hydrogens (tertiary/aromatic N) is 1. The molecule has 0 unspecified atom stereocenters. The van der Waals surface area contributed by atoms with Gasteiger partial charge in [-0.05, 0) is 37.8 Å². The number of aryl methyl sites for hydroxylation is 1. The van der Waals surface area contributed by atoms with Gasteiger partial charge in [0, 0.05) is 37.5 Å². The fourth-order valence-electron chi connectivity index (χ4n) is 3.21. The molecule has 1 aromatic carbocycles. The summed E-state index contributed by atoms with van der Waals surface area (Å²) in [7, 11) is 0. The molecule has 0 spiro atoms. The fraction of sp³-hybridized carbons (Fsp3) is 0.600. The molecule has 1 amide bonds. The van der Waals surface area contributed by atoms with E-state index in [-0.39, 0.29) is 30.6 Å². The number of Topliss-reactive ketones (excluding diaryl/α,β-unsaturated/α-hetero) is 1. The topological polar surface area (TPSA) is 49.4 Å². The number of carbonyl (C=O) groups excluding carboxylic acids is 2. The average molecular weight is 330 g/mol. The average Bonchev–Trinajstić information content (AvgIpc) is 2.61. The van der Waals surface area contributed by atoms with Crippen LogP contribution in [-0.4, -0.2) is 42.3 Å². The van der Waals surface area contributed by atoms with Crippen LogP contribution >= 0.6 is 0 Å². The van der Waals surface area contributed by atoms with E-state index in [4.69, 9.17) is 0 Å². The number of ketones is 1. The molecule has 1 aliphatic rings. The fourth-order valence-corrected chi connectivity index (χ4v) is 3.21. The van der Waals surface area contributed by atoms with Gasteiger partial charge in [-0.2, -0.15) is 0 Å². The monoisotopic (exact) mass is 330 g/mol. The molecular formula is C20H30N2O2. The van der Waals surface area contributed by atoms with Crippen molar-refractivity contribution in [2.24, 2.45) is 0 Å². The predicted octanol–water partition coefficient (Wildman–Crippen LogP) is 3.20. The van der Waals surface area contributed by atoms with Crippen LogP contribution in [0.3, 0.4) is 0 Å². The van der Waals surface area contributed by atoms with E-state index >= 15 is 0 Å².